The van der Waals surface area contributed by atoms with E-state index in [0.717, 1.165) is 32.1 Å². The molecule has 1 aliphatic rings. The minimum absolute atomic E-state index is 0.0476. The molecule has 1 aliphatic carbocycles. The van der Waals surface area contributed by atoms with E-state index < -0.39 is 0 Å². The van der Waals surface area contributed by atoms with Crippen molar-refractivity contribution in [2.45, 2.75) is 98.3 Å². The third kappa shape index (κ3) is 3.85. The largest absolute Gasteiger partial charge is 0.364 e. The van der Waals surface area contributed by atoms with Crippen molar-refractivity contribution in [2.75, 3.05) is 0 Å². The summed E-state index contributed by atoms with van der Waals surface area (Å²) in [6, 6.07) is 9.23. The molecule has 0 saturated heterocycles. The molecule has 3 rings (SSSR count). The molecular formula is C31H43N. The van der Waals surface area contributed by atoms with Crippen LogP contribution in [-0.2, 0) is 23.7 Å². The molecule has 1 aromatic carbocycles. The molecule has 0 saturated carbocycles. The van der Waals surface area contributed by atoms with Gasteiger partial charge in [0.05, 0.1) is 0 Å². The number of allylic oxidation sites excluding steroid dienone is 5. The van der Waals surface area contributed by atoms with Crippen molar-refractivity contribution in [1.82, 2.24) is 4.98 Å². The zero-order valence-electron chi connectivity index (χ0n) is 21.7. The lowest BCUT2D eigenvalue weighted by Gasteiger charge is -2.44. The van der Waals surface area contributed by atoms with Crippen molar-refractivity contribution >= 4 is 5.57 Å². The van der Waals surface area contributed by atoms with E-state index in [1.807, 2.05) is 0 Å². The number of H-pyrrole nitrogens is 1. The molecule has 172 valence electrons. The van der Waals surface area contributed by atoms with Gasteiger partial charge in [0.2, 0.25) is 0 Å². The zero-order chi connectivity index (χ0) is 23.7. The van der Waals surface area contributed by atoms with Gasteiger partial charge in [0.1, 0.15) is 0 Å². The maximum atomic E-state index is 4.51. The first-order valence-electron chi connectivity index (χ1n) is 12.6. The summed E-state index contributed by atoms with van der Waals surface area (Å²) >= 11 is 0. The molecule has 0 bridgehead atoms. The topological polar surface area (TPSA) is 15.8 Å². The lowest BCUT2D eigenvalue weighted by atomic mass is 9.59. The van der Waals surface area contributed by atoms with Crippen LogP contribution >= 0.6 is 0 Å². The van der Waals surface area contributed by atoms with Crippen LogP contribution in [0.3, 0.4) is 0 Å². The average molecular weight is 430 g/mol. The summed E-state index contributed by atoms with van der Waals surface area (Å²) in [6.07, 6.45) is 10.0. The summed E-state index contributed by atoms with van der Waals surface area (Å²) in [7, 11) is 0. The highest BCUT2D eigenvalue weighted by Gasteiger charge is 2.45. The highest BCUT2D eigenvalue weighted by atomic mass is 14.7. The van der Waals surface area contributed by atoms with Crippen LogP contribution in [0.4, 0.5) is 0 Å². The van der Waals surface area contributed by atoms with Crippen molar-refractivity contribution in [3.05, 3.63) is 87.8 Å². The van der Waals surface area contributed by atoms with Crippen molar-refractivity contribution < 1.29 is 0 Å². The van der Waals surface area contributed by atoms with Crippen LogP contribution < -0.4 is 0 Å². The van der Waals surface area contributed by atoms with Gasteiger partial charge in [0.25, 0.3) is 0 Å². The average Bonchev–Trinajstić information content (AvgIpc) is 3.28. The van der Waals surface area contributed by atoms with E-state index in [9.17, 15) is 0 Å². The van der Waals surface area contributed by atoms with E-state index in [4.69, 9.17) is 0 Å². The number of nitrogens with one attached hydrogen (secondary N) is 1. The summed E-state index contributed by atoms with van der Waals surface area (Å²) < 4.78 is 0. The van der Waals surface area contributed by atoms with Crippen molar-refractivity contribution in [3.63, 3.8) is 0 Å². The number of aromatic amines is 1. The highest BCUT2D eigenvalue weighted by molar-refractivity contribution is 5.85. The van der Waals surface area contributed by atoms with Crippen LogP contribution in [0.5, 0.6) is 0 Å². The molecule has 1 atom stereocenters. The Morgan fingerprint density at radius 1 is 1.00 bits per heavy atom. The number of rotatable bonds is 8. The minimum Gasteiger partial charge on any atom is -0.364 e. The summed E-state index contributed by atoms with van der Waals surface area (Å²) in [5, 5.41) is 0. The Labute approximate surface area is 196 Å². The second-order valence-electron chi connectivity index (χ2n) is 10.1. The third-order valence-electron chi connectivity index (χ3n) is 7.81. The molecule has 0 aliphatic heterocycles. The number of benzene rings is 1. The number of hydrogen-bond donors (Lipinski definition) is 1. The Balaban J connectivity index is 2.40. The van der Waals surface area contributed by atoms with Crippen molar-refractivity contribution in [2.24, 2.45) is 0 Å². The van der Waals surface area contributed by atoms with Crippen molar-refractivity contribution in [3.8, 4) is 0 Å². The fourth-order valence-electron chi connectivity index (χ4n) is 5.96. The summed E-state index contributed by atoms with van der Waals surface area (Å²) in [4.78, 5) is 3.60. The molecule has 1 heterocycles. The van der Waals surface area contributed by atoms with E-state index in [2.05, 4.69) is 103 Å². The molecule has 1 N–H and O–H groups in total. The predicted octanol–water partition coefficient (Wildman–Crippen LogP) is 8.85. The Hall–Kier alpha value is -2.28. The van der Waals surface area contributed by atoms with Gasteiger partial charge in [-0.3, -0.25) is 0 Å². The molecule has 32 heavy (non-hydrogen) atoms. The Kier molecular flexibility index (Phi) is 7.08. The number of aryl methyl sites for hydroxylation is 1. The maximum absolute atomic E-state index is 4.51. The molecule has 1 aromatic heterocycles. The SMILES string of the molecule is C=C(CCC)/C(CC)=C(\C)C1(C)C(c2cccc(CC)c2CC)=CC(C)(C)c2[nH]ccc21. The maximum Gasteiger partial charge on any atom is 0.0407 e. The van der Waals surface area contributed by atoms with E-state index in [0.29, 0.717) is 0 Å². The van der Waals surface area contributed by atoms with Gasteiger partial charge >= 0.3 is 0 Å². The van der Waals surface area contributed by atoms with Crippen LogP contribution in [0.1, 0.15) is 103 Å². The smallest absolute Gasteiger partial charge is 0.0407 e. The lowest BCUT2D eigenvalue weighted by Crippen LogP contribution is -2.36. The van der Waals surface area contributed by atoms with Crippen LogP contribution in [0.25, 0.3) is 5.57 Å². The monoisotopic (exact) mass is 429 g/mol. The first-order valence-corrected chi connectivity index (χ1v) is 12.6. The molecular weight excluding hydrogens is 386 g/mol. The number of aromatic nitrogens is 1. The normalized spacial score (nSPS) is 20.4. The molecule has 0 radical (unpaired) electrons. The first-order chi connectivity index (χ1) is 15.2. The Morgan fingerprint density at radius 3 is 2.31 bits per heavy atom. The molecule has 0 spiro atoms. The molecule has 1 nitrogen and oxygen atoms in total. The highest BCUT2D eigenvalue weighted by Crippen LogP contribution is 2.54. The quantitative estimate of drug-likeness (QED) is 0.403. The first kappa shape index (κ1) is 24.4. The van der Waals surface area contributed by atoms with Crippen molar-refractivity contribution in [1.29, 1.82) is 0 Å². The zero-order valence-corrected chi connectivity index (χ0v) is 21.7. The second-order valence-corrected chi connectivity index (χ2v) is 10.1. The fraction of sp³-hybridized carbons (Fsp3) is 0.484. The summed E-state index contributed by atoms with van der Waals surface area (Å²) in [5.41, 5.74) is 12.5. The van der Waals surface area contributed by atoms with E-state index >= 15 is 0 Å². The van der Waals surface area contributed by atoms with Gasteiger partial charge in [0, 0.05) is 22.7 Å². The minimum atomic E-state index is -0.191. The van der Waals surface area contributed by atoms with Gasteiger partial charge in [-0.2, -0.15) is 0 Å². The standard InChI is InChI=1S/C31H43N/c1-10-15-21(5)24(12-3)22(6)31(9)27-18-19-32-29(27)30(7,8)20-28(31)26-17-14-16-23(11-2)25(26)13-4/h14,16-20,32H,5,10-13,15H2,1-4,6-9H3/b24-22+. The number of hydrogen-bond acceptors (Lipinski definition) is 0. The summed E-state index contributed by atoms with van der Waals surface area (Å²) in [6.45, 7) is 23.1. The second kappa shape index (κ2) is 9.30. The predicted molar refractivity (Wildman–Crippen MR) is 141 cm³/mol. The molecule has 0 amide bonds. The molecule has 2 aromatic rings. The Morgan fingerprint density at radius 2 is 1.72 bits per heavy atom. The van der Waals surface area contributed by atoms with E-state index in [1.165, 1.54) is 50.2 Å². The molecule has 1 heteroatoms. The van der Waals surface area contributed by atoms with Gasteiger partial charge < -0.3 is 4.98 Å². The van der Waals surface area contributed by atoms with Gasteiger partial charge in [-0.1, -0.05) is 90.0 Å². The van der Waals surface area contributed by atoms with Gasteiger partial charge in [-0.15, -0.1) is 0 Å². The fourth-order valence-corrected chi connectivity index (χ4v) is 5.96. The third-order valence-corrected chi connectivity index (χ3v) is 7.81. The van der Waals surface area contributed by atoms with Crippen LogP contribution in [-0.4, -0.2) is 4.98 Å². The number of fused-ring (bicyclic) bond motifs is 1. The van der Waals surface area contributed by atoms with Crippen LogP contribution in [0, 0.1) is 0 Å². The Bertz CT molecular complexity index is 1060. The van der Waals surface area contributed by atoms with E-state index in [-0.39, 0.29) is 10.8 Å². The summed E-state index contributed by atoms with van der Waals surface area (Å²) in [5.74, 6) is 0. The van der Waals surface area contributed by atoms with Gasteiger partial charge in [0.15, 0.2) is 0 Å². The molecule has 1 unspecified atom stereocenters. The van der Waals surface area contributed by atoms with Crippen LogP contribution in [0.2, 0.25) is 0 Å². The lowest BCUT2D eigenvalue weighted by molar-refractivity contribution is 0.577. The van der Waals surface area contributed by atoms with Gasteiger partial charge in [-0.25, -0.2) is 0 Å². The van der Waals surface area contributed by atoms with E-state index in [1.54, 1.807) is 0 Å². The van der Waals surface area contributed by atoms with Gasteiger partial charge in [-0.05, 0) is 79.0 Å². The molecule has 0 fully saturated rings. The van der Waals surface area contributed by atoms with Crippen LogP contribution in [0.15, 0.2) is 59.8 Å².